The summed E-state index contributed by atoms with van der Waals surface area (Å²) >= 11 is 0. The van der Waals surface area contributed by atoms with Crippen molar-refractivity contribution >= 4 is 5.78 Å². The van der Waals surface area contributed by atoms with Gasteiger partial charge in [0.15, 0.2) is 5.78 Å². The minimum Gasteiger partial charge on any atom is -0.379 e. The van der Waals surface area contributed by atoms with Crippen molar-refractivity contribution in [2.24, 2.45) is 0 Å². The first-order valence-corrected chi connectivity index (χ1v) is 8.95. The van der Waals surface area contributed by atoms with Gasteiger partial charge in [-0.05, 0) is 49.9 Å². The number of hydrogen-bond donors (Lipinski definition) is 0. The Bertz CT molecular complexity index is 756. The number of carbonyl (C=O) groups is 1. The van der Waals surface area contributed by atoms with Crippen LogP contribution in [0.5, 0.6) is 0 Å². The molecule has 1 aliphatic heterocycles. The summed E-state index contributed by atoms with van der Waals surface area (Å²) in [5.74, 6) is 0.168. The van der Waals surface area contributed by atoms with E-state index in [2.05, 4.69) is 36.9 Å². The van der Waals surface area contributed by atoms with Gasteiger partial charge in [-0.2, -0.15) is 0 Å². The quantitative estimate of drug-likeness (QED) is 0.781. The summed E-state index contributed by atoms with van der Waals surface area (Å²) < 4.78 is 5.41. The molecule has 25 heavy (non-hydrogen) atoms. The van der Waals surface area contributed by atoms with E-state index in [9.17, 15) is 4.79 Å². The maximum absolute atomic E-state index is 13.0. The average Bonchev–Trinajstić information content (AvgIpc) is 2.64. The largest absolute Gasteiger partial charge is 0.379 e. The lowest BCUT2D eigenvalue weighted by Crippen LogP contribution is -2.54. The number of morpholine rings is 1. The first kappa shape index (κ1) is 17.8. The molecule has 0 saturated carbocycles. The Morgan fingerprint density at radius 1 is 0.920 bits per heavy atom. The molecule has 3 nitrogen and oxygen atoms in total. The van der Waals surface area contributed by atoms with Crippen LogP contribution in [-0.4, -0.2) is 42.5 Å². The Kier molecular flexibility index (Phi) is 5.07. The molecule has 0 unspecified atom stereocenters. The molecular weight excluding hydrogens is 310 g/mol. The zero-order chi connectivity index (χ0) is 18.0. The molecule has 1 heterocycles. The van der Waals surface area contributed by atoms with Crippen molar-refractivity contribution < 1.29 is 9.53 Å². The van der Waals surface area contributed by atoms with Crippen LogP contribution in [0.15, 0.2) is 42.5 Å². The van der Waals surface area contributed by atoms with Crippen LogP contribution in [0.1, 0.15) is 35.3 Å². The van der Waals surface area contributed by atoms with Gasteiger partial charge in [0.1, 0.15) is 0 Å². The second-order valence-corrected chi connectivity index (χ2v) is 7.36. The molecule has 0 aromatic heterocycles. The molecule has 1 saturated heterocycles. The van der Waals surface area contributed by atoms with Crippen LogP contribution in [0.4, 0.5) is 0 Å². The Morgan fingerprint density at radius 3 is 2.12 bits per heavy atom. The zero-order valence-electron chi connectivity index (χ0n) is 15.6. The molecule has 3 rings (SSSR count). The minimum absolute atomic E-state index is 0.168. The van der Waals surface area contributed by atoms with Gasteiger partial charge in [-0.15, -0.1) is 0 Å². The topological polar surface area (TPSA) is 29.5 Å². The summed E-state index contributed by atoms with van der Waals surface area (Å²) in [7, 11) is 0. The normalized spacial score (nSPS) is 16.0. The van der Waals surface area contributed by atoms with E-state index in [-0.39, 0.29) is 5.78 Å². The summed E-state index contributed by atoms with van der Waals surface area (Å²) in [5.41, 5.74) is 5.17. The van der Waals surface area contributed by atoms with Crippen LogP contribution in [0.25, 0.3) is 11.1 Å². The van der Waals surface area contributed by atoms with Crippen molar-refractivity contribution in [1.82, 2.24) is 4.90 Å². The van der Waals surface area contributed by atoms with Crippen molar-refractivity contribution in [3.63, 3.8) is 0 Å². The zero-order valence-corrected chi connectivity index (χ0v) is 15.6. The number of aryl methyl sites for hydroxylation is 2. The lowest BCUT2D eigenvalue weighted by atomic mass is 9.90. The molecule has 3 heteroatoms. The van der Waals surface area contributed by atoms with Gasteiger partial charge in [0.05, 0.1) is 18.8 Å². The van der Waals surface area contributed by atoms with Gasteiger partial charge in [-0.1, -0.05) is 42.5 Å². The summed E-state index contributed by atoms with van der Waals surface area (Å²) in [6, 6.07) is 14.5. The fourth-order valence-electron chi connectivity index (χ4n) is 3.35. The second-order valence-electron chi connectivity index (χ2n) is 7.36. The summed E-state index contributed by atoms with van der Waals surface area (Å²) in [6.07, 6.45) is 0. The highest BCUT2D eigenvalue weighted by Gasteiger charge is 2.35. The minimum atomic E-state index is -0.508. The molecule has 0 spiro atoms. The number of Topliss-reactive ketones (excluding diaryl/α,β-unsaturated/α-hetero) is 1. The fraction of sp³-hybridized carbons (Fsp3) is 0.409. The predicted molar refractivity (Wildman–Crippen MR) is 102 cm³/mol. The van der Waals surface area contributed by atoms with E-state index in [0.29, 0.717) is 13.2 Å². The van der Waals surface area contributed by atoms with Crippen molar-refractivity contribution in [2.45, 2.75) is 33.2 Å². The van der Waals surface area contributed by atoms with E-state index in [0.717, 1.165) is 24.2 Å². The smallest absolute Gasteiger partial charge is 0.182 e. The first-order valence-electron chi connectivity index (χ1n) is 8.95. The van der Waals surface area contributed by atoms with E-state index in [4.69, 9.17) is 4.74 Å². The number of benzene rings is 2. The van der Waals surface area contributed by atoms with Crippen LogP contribution >= 0.6 is 0 Å². The maximum atomic E-state index is 13.0. The van der Waals surface area contributed by atoms with E-state index in [1.165, 1.54) is 16.7 Å². The molecule has 1 fully saturated rings. The van der Waals surface area contributed by atoms with Crippen molar-refractivity contribution in [1.29, 1.82) is 0 Å². The lowest BCUT2D eigenvalue weighted by Gasteiger charge is -2.39. The van der Waals surface area contributed by atoms with Crippen molar-refractivity contribution in [3.05, 3.63) is 59.2 Å². The van der Waals surface area contributed by atoms with Crippen LogP contribution in [0, 0.1) is 13.8 Å². The molecule has 132 valence electrons. The number of nitrogens with zero attached hydrogens (tertiary/aromatic N) is 1. The number of ether oxygens (including phenoxy) is 1. The summed E-state index contributed by atoms with van der Waals surface area (Å²) in [4.78, 5) is 15.2. The summed E-state index contributed by atoms with van der Waals surface area (Å²) in [5, 5.41) is 0. The number of ketones is 1. The average molecular weight is 337 g/mol. The molecule has 0 amide bonds. The summed E-state index contributed by atoms with van der Waals surface area (Å²) in [6.45, 7) is 11.3. The van der Waals surface area contributed by atoms with Crippen LogP contribution in [0.2, 0.25) is 0 Å². The van der Waals surface area contributed by atoms with Crippen molar-refractivity contribution in [3.8, 4) is 11.1 Å². The van der Waals surface area contributed by atoms with Gasteiger partial charge in [0.25, 0.3) is 0 Å². The van der Waals surface area contributed by atoms with Gasteiger partial charge in [0, 0.05) is 18.7 Å². The highest BCUT2D eigenvalue weighted by Crippen LogP contribution is 2.26. The van der Waals surface area contributed by atoms with E-state index >= 15 is 0 Å². The van der Waals surface area contributed by atoms with Crippen LogP contribution < -0.4 is 0 Å². The Hall–Kier alpha value is -1.97. The van der Waals surface area contributed by atoms with E-state index < -0.39 is 5.54 Å². The molecule has 0 radical (unpaired) electrons. The molecule has 2 aromatic rings. The number of rotatable bonds is 4. The standard InChI is InChI=1S/C22H27NO2/c1-16-5-6-20(15-17(16)2)18-7-9-19(10-8-18)21(24)22(3,4)23-11-13-25-14-12-23/h5-10,15H,11-14H2,1-4H3. The monoisotopic (exact) mass is 337 g/mol. The Morgan fingerprint density at radius 2 is 1.52 bits per heavy atom. The maximum Gasteiger partial charge on any atom is 0.182 e. The molecule has 2 aromatic carbocycles. The molecule has 1 aliphatic rings. The third kappa shape index (κ3) is 3.68. The highest BCUT2D eigenvalue weighted by atomic mass is 16.5. The molecular formula is C22H27NO2. The SMILES string of the molecule is Cc1ccc(-c2ccc(C(=O)C(C)(C)N3CCOCC3)cc2)cc1C. The third-order valence-electron chi connectivity index (χ3n) is 5.34. The second kappa shape index (κ2) is 7.11. The predicted octanol–water partition coefficient (Wildman–Crippen LogP) is 4.26. The van der Waals surface area contributed by atoms with Crippen LogP contribution in [0.3, 0.4) is 0 Å². The van der Waals surface area contributed by atoms with Gasteiger partial charge < -0.3 is 4.74 Å². The highest BCUT2D eigenvalue weighted by molar-refractivity contribution is 6.03. The van der Waals surface area contributed by atoms with Gasteiger partial charge in [-0.25, -0.2) is 0 Å². The molecule has 0 N–H and O–H groups in total. The van der Waals surface area contributed by atoms with Gasteiger partial charge in [-0.3, -0.25) is 9.69 Å². The Labute approximate surface area is 150 Å². The fourth-order valence-corrected chi connectivity index (χ4v) is 3.35. The molecule has 0 aliphatic carbocycles. The van der Waals surface area contributed by atoms with E-state index in [1.54, 1.807) is 0 Å². The van der Waals surface area contributed by atoms with Gasteiger partial charge in [0.2, 0.25) is 0 Å². The van der Waals surface area contributed by atoms with Crippen molar-refractivity contribution in [2.75, 3.05) is 26.3 Å². The number of carbonyl (C=O) groups excluding carboxylic acids is 1. The van der Waals surface area contributed by atoms with Crippen LogP contribution in [-0.2, 0) is 4.74 Å². The molecule has 0 atom stereocenters. The number of hydrogen-bond acceptors (Lipinski definition) is 3. The molecule has 0 bridgehead atoms. The third-order valence-corrected chi connectivity index (χ3v) is 5.34. The first-order chi connectivity index (χ1) is 11.9. The van der Waals surface area contributed by atoms with E-state index in [1.807, 2.05) is 38.1 Å². The lowest BCUT2D eigenvalue weighted by molar-refractivity contribution is -0.00429. The Balaban J connectivity index is 1.81. The van der Waals surface area contributed by atoms with Gasteiger partial charge >= 0.3 is 0 Å².